The number of aryl methyl sites for hydroxylation is 1. The van der Waals surface area contributed by atoms with E-state index in [0.29, 0.717) is 11.4 Å². The van der Waals surface area contributed by atoms with Gasteiger partial charge in [-0.15, -0.1) is 0 Å². The number of para-hydroxylation sites is 3. The van der Waals surface area contributed by atoms with Crippen LogP contribution in [-0.4, -0.2) is 12.5 Å². The molecule has 2 aromatic carbocycles. The predicted molar refractivity (Wildman–Crippen MR) is 80.8 cm³/mol. The molecular weight excluding hydrogens is 252 g/mol. The number of nitrogens with one attached hydrogen (secondary N) is 1. The number of hydrogen-bond acceptors (Lipinski definition) is 3. The van der Waals surface area contributed by atoms with Gasteiger partial charge in [-0.1, -0.05) is 37.3 Å². The molecule has 20 heavy (non-hydrogen) atoms. The molecule has 0 atom stereocenters. The molecule has 0 aliphatic rings. The Balaban J connectivity index is 1.94. The van der Waals surface area contributed by atoms with E-state index in [-0.39, 0.29) is 12.5 Å². The molecule has 0 aliphatic carbocycles. The van der Waals surface area contributed by atoms with E-state index in [1.165, 1.54) is 0 Å². The van der Waals surface area contributed by atoms with Gasteiger partial charge in [-0.2, -0.15) is 0 Å². The summed E-state index contributed by atoms with van der Waals surface area (Å²) in [7, 11) is 0. The molecule has 0 fully saturated rings. The highest BCUT2D eigenvalue weighted by Crippen LogP contribution is 2.19. The largest absolute Gasteiger partial charge is 0.483 e. The van der Waals surface area contributed by atoms with E-state index in [1.807, 2.05) is 43.3 Å². The van der Waals surface area contributed by atoms with Gasteiger partial charge in [0.05, 0.1) is 11.4 Å². The molecule has 2 rings (SSSR count). The molecule has 0 radical (unpaired) electrons. The number of nitrogens with two attached hydrogens (primary N) is 1. The van der Waals surface area contributed by atoms with Crippen LogP contribution in [-0.2, 0) is 11.2 Å². The van der Waals surface area contributed by atoms with Gasteiger partial charge >= 0.3 is 0 Å². The number of rotatable bonds is 5. The van der Waals surface area contributed by atoms with Crippen molar-refractivity contribution in [1.29, 1.82) is 0 Å². The van der Waals surface area contributed by atoms with Crippen molar-refractivity contribution in [2.75, 3.05) is 17.7 Å². The molecule has 0 heterocycles. The fourth-order valence-electron chi connectivity index (χ4n) is 1.88. The van der Waals surface area contributed by atoms with Crippen molar-refractivity contribution in [2.24, 2.45) is 0 Å². The lowest BCUT2D eigenvalue weighted by Crippen LogP contribution is -2.21. The first-order chi connectivity index (χ1) is 9.70. The maximum Gasteiger partial charge on any atom is 0.262 e. The van der Waals surface area contributed by atoms with Crippen LogP contribution >= 0.6 is 0 Å². The molecule has 4 nitrogen and oxygen atoms in total. The molecule has 0 aromatic heterocycles. The van der Waals surface area contributed by atoms with Crippen molar-refractivity contribution in [3.63, 3.8) is 0 Å². The van der Waals surface area contributed by atoms with E-state index in [2.05, 4.69) is 5.32 Å². The van der Waals surface area contributed by atoms with E-state index in [9.17, 15) is 4.79 Å². The van der Waals surface area contributed by atoms with Crippen LogP contribution < -0.4 is 15.8 Å². The second kappa shape index (κ2) is 6.61. The summed E-state index contributed by atoms with van der Waals surface area (Å²) in [6.07, 6.45) is 0.865. The number of carbonyl (C=O) groups is 1. The number of nitrogen functional groups attached to an aromatic ring is 1. The summed E-state index contributed by atoms with van der Waals surface area (Å²) in [6.45, 7) is 2.01. The summed E-state index contributed by atoms with van der Waals surface area (Å²) in [4.78, 5) is 11.8. The smallest absolute Gasteiger partial charge is 0.262 e. The zero-order chi connectivity index (χ0) is 14.4. The van der Waals surface area contributed by atoms with Crippen molar-refractivity contribution in [2.45, 2.75) is 13.3 Å². The molecule has 3 N–H and O–H groups in total. The van der Waals surface area contributed by atoms with Gasteiger partial charge in [0.25, 0.3) is 5.91 Å². The van der Waals surface area contributed by atoms with Gasteiger partial charge in [-0.05, 0) is 30.2 Å². The quantitative estimate of drug-likeness (QED) is 0.821. The van der Waals surface area contributed by atoms with Crippen LogP contribution in [0.3, 0.4) is 0 Å². The molecule has 0 saturated heterocycles. The van der Waals surface area contributed by atoms with Crippen LogP contribution in [0, 0.1) is 0 Å². The van der Waals surface area contributed by atoms with Crippen LogP contribution in [0.15, 0.2) is 48.5 Å². The maximum atomic E-state index is 11.8. The molecule has 0 bridgehead atoms. The Morgan fingerprint density at radius 2 is 1.85 bits per heavy atom. The highest BCUT2D eigenvalue weighted by atomic mass is 16.5. The van der Waals surface area contributed by atoms with Crippen LogP contribution in [0.4, 0.5) is 11.4 Å². The summed E-state index contributed by atoms with van der Waals surface area (Å²) in [6, 6.07) is 14.8. The molecule has 4 heteroatoms. The summed E-state index contributed by atoms with van der Waals surface area (Å²) >= 11 is 0. The topological polar surface area (TPSA) is 64.3 Å². The number of amides is 1. The third-order valence-corrected chi connectivity index (χ3v) is 2.95. The molecule has 0 aliphatic heterocycles. The van der Waals surface area contributed by atoms with Gasteiger partial charge in [0.15, 0.2) is 6.61 Å². The van der Waals surface area contributed by atoms with Crippen molar-refractivity contribution in [3.8, 4) is 5.75 Å². The summed E-state index contributed by atoms with van der Waals surface area (Å²) in [5.41, 5.74) is 7.99. The van der Waals surface area contributed by atoms with Crippen LogP contribution in [0.1, 0.15) is 12.5 Å². The van der Waals surface area contributed by atoms with Crippen molar-refractivity contribution in [1.82, 2.24) is 0 Å². The third kappa shape index (κ3) is 3.51. The second-order valence-corrected chi connectivity index (χ2v) is 4.39. The Hall–Kier alpha value is -2.49. The lowest BCUT2D eigenvalue weighted by molar-refractivity contribution is -0.118. The maximum absolute atomic E-state index is 11.8. The SMILES string of the molecule is CCc1ccccc1OCC(=O)Nc1ccccc1N. The van der Waals surface area contributed by atoms with Crippen LogP contribution in [0.5, 0.6) is 5.75 Å². The van der Waals surface area contributed by atoms with Gasteiger partial charge < -0.3 is 15.8 Å². The third-order valence-electron chi connectivity index (χ3n) is 2.95. The summed E-state index contributed by atoms with van der Waals surface area (Å²) in [5.74, 6) is 0.514. The number of benzene rings is 2. The normalized spacial score (nSPS) is 10.1. The van der Waals surface area contributed by atoms with E-state index in [0.717, 1.165) is 17.7 Å². The zero-order valence-electron chi connectivity index (χ0n) is 11.4. The van der Waals surface area contributed by atoms with E-state index < -0.39 is 0 Å². The minimum Gasteiger partial charge on any atom is -0.483 e. The number of anilines is 2. The first-order valence-electron chi connectivity index (χ1n) is 6.55. The fraction of sp³-hybridized carbons (Fsp3) is 0.188. The molecular formula is C16H18N2O2. The first-order valence-corrected chi connectivity index (χ1v) is 6.55. The predicted octanol–water partition coefficient (Wildman–Crippen LogP) is 2.85. The Kier molecular flexibility index (Phi) is 4.60. The minimum absolute atomic E-state index is 0.0364. The van der Waals surface area contributed by atoms with Gasteiger partial charge in [0.2, 0.25) is 0 Å². The molecule has 0 unspecified atom stereocenters. The first kappa shape index (κ1) is 13.9. The van der Waals surface area contributed by atoms with E-state index in [4.69, 9.17) is 10.5 Å². The molecule has 104 valence electrons. The van der Waals surface area contributed by atoms with Crippen molar-refractivity contribution < 1.29 is 9.53 Å². The van der Waals surface area contributed by atoms with Gasteiger partial charge in [0, 0.05) is 0 Å². The van der Waals surface area contributed by atoms with Crippen LogP contribution in [0.25, 0.3) is 0 Å². The van der Waals surface area contributed by atoms with E-state index in [1.54, 1.807) is 12.1 Å². The van der Waals surface area contributed by atoms with Crippen LogP contribution in [0.2, 0.25) is 0 Å². The summed E-state index contributed by atoms with van der Waals surface area (Å²) in [5, 5.41) is 2.73. The molecule has 0 spiro atoms. The zero-order valence-corrected chi connectivity index (χ0v) is 11.4. The van der Waals surface area contributed by atoms with Gasteiger partial charge in [0.1, 0.15) is 5.75 Å². The van der Waals surface area contributed by atoms with Crippen molar-refractivity contribution in [3.05, 3.63) is 54.1 Å². The monoisotopic (exact) mass is 270 g/mol. The second-order valence-electron chi connectivity index (χ2n) is 4.39. The lowest BCUT2D eigenvalue weighted by atomic mass is 10.1. The highest BCUT2D eigenvalue weighted by Gasteiger charge is 2.07. The van der Waals surface area contributed by atoms with E-state index >= 15 is 0 Å². The Morgan fingerprint density at radius 1 is 1.15 bits per heavy atom. The molecule has 0 saturated carbocycles. The highest BCUT2D eigenvalue weighted by molar-refractivity contribution is 5.94. The molecule has 2 aromatic rings. The summed E-state index contributed by atoms with van der Waals surface area (Å²) < 4.78 is 5.55. The Morgan fingerprint density at radius 3 is 2.60 bits per heavy atom. The minimum atomic E-state index is -0.228. The Labute approximate surface area is 118 Å². The number of carbonyl (C=O) groups excluding carboxylic acids is 1. The molecule has 1 amide bonds. The standard InChI is InChI=1S/C16H18N2O2/c1-2-12-7-3-6-10-15(12)20-11-16(19)18-14-9-5-4-8-13(14)17/h3-10H,2,11,17H2,1H3,(H,18,19). The number of hydrogen-bond donors (Lipinski definition) is 2. The lowest BCUT2D eigenvalue weighted by Gasteiger charge is -2.11. The average molecular weight is 270 g/mol. The average Bonchev–Trinajstić information content (AvgIpc) is 2.48. The van der Waals surface area contributed by atoms with Gasteiger partial charge in [-0.25, -0.2) is 0 Å². The Bertz CT molecular complexity index is 597. The number of ether oxygens (including phenoxy) is 1. The fourth-order valence-corrected chi connectivity index (χ4v) is 1.88. The van der Waals surface area contributed by atoms with Gasteiger partial charge in [-0.3, -0.25) is 4.79 Å². The van der Waals surface area contributed by atoms with Crippen molar-refractivity contribution >= 4 is 17.3 Å².